The molecular formula is C8H15Cl2O2P. The topological polar surface area (TPSA) is 26.3 Å². The Morgan fingerprint density at radius 3 is 2.46 bits per heavy atom. The van der Waals surface area contributed by atoms with Gasteiger partial charge in [0.1, 0.15) is 0 Å². The van der Waals surface area contributed by atoms with Crippen LogP contribution in [0.25, 0.3) is 0 Å². The molecule has 0 aliphatic rings. The molecule has 13 heavy (non-hydrogen) atoms. The lowest BCUT2D eigenvalue weighted by atomic mass is 10.4. The maximum absolute atomic E-state index is 11.2. The van der Waals surface area contributed by atoms with Crippen molar-refractivity contribution in [3.05, 3.63) is 11.6 Å². The summed E-state index contributed by atoms with van der Waals surface area (Å²) in [6.45, 7) is 4.53. The fraction of sp³-hybridized carbons (Fsp3) is 0.750. The molecule has 0 spiro atoms. The molecule has 0 radical (unpaired) electrons. The van der Waals surface area contributed by atoms with Gasteiger partial charge in [-0.15, -0.1) is 0 Å². The zero-order chi connectivity index (χ0) is 10.3. The average molecular weight is 245 g/mol. The highest BCUT2D eigenvalue weighted by Gasteiger charge is 2.19. The molecule has 78 valence electrons. The molecule has 0 aromatic rings. The Balaban J connectivity index is 4.02. The second-order valence-electron chi connectivity index (χ2n) is 2.65. The standard InChI is InChI=1S/C8H15Cl2O2P/c1-3-5-6-12-7-8(4-2)13(9,10)11/h7H,3-6H2,1-2H3. The van der Waals surface area contributed by atoms with Crippen molar-refractivity contribution in [2.45, 2.75) is 33.1 Å². The summed E-state index contributed by atoms with van der Waals surface area (Å²) in [6.07, 6.45) is 4.02. The van der Waals surface area contributed by atoms with Crippen molar-refractivity contribution < 1.29 is 9.30 Å². The molecule has 0 amide bonds. The van der Waals surface area contributed by atoms with Gasteiger partial charge in [0.15, 0.2) is 0 Å². The van der Waals surface area contributed by atoms with E-state index in [4.69, 9.17) is 27.2 Å². The van der Waals surface area contributed by atoms with Gasteiger partial charge in [-0.3, -0.25) is 4.57 Å². The van der Waals surface area contributed by atoms with E-state index in [0.29, 0.717) is 18.3 Å². The number of ether oxygens (including phenoxy) is 1. The molecule has 0 aliphatic heterocycles. The number of halogens is 2. The molecule has 0 heterocycles. The smallest absolute Gasteiger partial charge is 0.281 e. The van der Waals surface area contributed by atoms with Gasteiger partial charge < -0.3 is 4.74 Å². The van der Waals surface area contributed by atoms with Crippen LogP contribution in [0.3, 0.4) is 0 Å². The zero-order valence-corrected chi connectivity index (χ0v) is 10.3. The normalized spacial score (nSPS) is 13.1. The highest BCUT2D eigenvalue weighted by atomic mass is 35.9. The Kier molecular flexibility index (Phi) is 6.93. The van der Waals surface area contributed by atoms with E-state index in [-0.39, 0.29) is 0 Å². The van der Waals surface area contributed by atoms with Crippen LogP contribution in [-0.4, -0.2) is 6.61 Å². The summed E-state index contributed by atoms with van der Waals surface area (Å²) in [6, 6.07) is 0. The molecule has 0 N–H and O–H groups in total. The predicted molar refractivity (Wildman–Crippen MR) is 58.5 cm³/mol. The SMILES string of the molecule is CCCCOC=C(CC)P(=O)(Cl)Cl. The van der Waals surface area contributed by atoms with Crippen molar-refractivity contribution in [3.63, 3.8) is 0 Å². The van der Waals surface area contributed by atoms with Gasteiger partial charge in [-0.1, -0.05) is 20.3 Å². The van der Waals surface area contributed by atoms with E-state index in [1.807, 2.05) is 6.92 Å². The third-order valence-corrected chi connectivity index (χ3v) is 3.92. The van der Waals surface area contributed by atoms with Gasteiger partial charge in [0.2, 0.25) is 0 Å². The Bertz CT molecular complexity index is 210. The zero-order valence-electron chi connectivity index (χ0n) is 7.93. The van der Waals surface area contributed by atoms with E-state index >= 15 is 0 Å². The lowest BCUT2D eigenvalue weighted by molar-refractivity contribution is 0.242. The third kappa shape index (κ3) is 6.42. The predicted octanol–water partition coefficient (Wildman–Crippen LogP) is 4.73. The van der Waals surface area contributed by atoms with E-state index in [0.717, 1.165) is 12.8 Å². The van der Waals surface area contributed by atoms with Crippen LogP contribution in [0.15, 0.2) is 11.6 Å². The molecule has 0 aromatic heterocycles. The van der Waals surface area contributed by atoms with Crippen LogP contribution < -0.4 is 0 Å². The molecule has 0 saturated carbocycles. The number of rotatable bonds is 6. The molecule has 0 atom stereocenters. The van der Waals surface area contributed by atoms with Crippen molar-refractivity contribution in [1.29, 1.82) is 0 Å². The molecule has 0 rings (SSSR count). The summed E-state index contributed by atoms with van der Waals surface area (Å²) < 4.78 is 16.3. The van der Waals surface area contributed by atoms with E-state index in [1.54, 1.807) is 0 Å². The van der Waals surface area contributed by atoms with Gasteiger partial charge in [-0.2, -0.15) is 0 Å². The fourth-order valence-electron chi connectivity index (χ4n) is 0.712. The Morgan fingerprint density at radius 1 is 1.46 bits per heavy atom. The monoisotopic (exact) mass is 244 g/mol. The van der Waals surface area contributed by atoms with E-state index < -0.39 is 5.85 Å². The van der Waals surface area contributed by atoms with E-state index in [9.17, 15) is 4.57 Å². The van der Waals surface area contributed by atoms with Crippen LogP contribution in [-0.2, 0) is 9.30 Å². The summed E-state index contributed by atoms with van der Waals surface area (Å²) >= 11 is 11.0. The van der Waals surface area contributed by atoms with Crippen molar-refractivity contribution in [2.24, 2.45) is 0 Å². The van der Waals surface area contributed by atoms with Gasteiger partial charge in [0.25, 0.3) is 5.85 Å². The average Bonchev–Trinajstić information content (AvgIpc) is 2.02. The van der Waals surface area contributed by atoms with Gasteiger partial charge in [-0.25, -0.2) is 0 Å². The molecule has 0 unspecified atom stereocenters. The van der Waals surface area contributed by atoms with Crippen LogP contribution >= 0.6 is 28.3 Å². The van der Waals surface area contributed by atoms with Crippen molar-refractivity contribution in [3.8, 4) is 0 Å². The van der Waals surface area contributed by atoms with Gasteiger partial charge >= 0.3 is 0 Å². The molecule has 2 nitrogen and oxygen atoms in total. The second-order valence-corrected chi connectivity index (χ2v) is 7.52. The molecule has 0 fully saturated rings. The largest absolute Gasteiger partial charge is 0.501 e. The first-order valence-corrected chi connectivity index (χ1v) is 7.84. The van der Waals surface area contributed by atoms with Crippen molar-refractivity contribution in [2.75, 3.05) is 6.61 Å². The third-order valence-electron chi connectivity index (χ3n) is 1.53. The first-order valence-electron chi connectivity index (χ1n) is 4.33. The van der Waals surface area contributed by atoms with E-state index in [2.05, 4.69) is 6.92 Å². The molecular weight excluding hydrogens is 230 g/mol. The lowest BCUT2D eigenvalue weighted by Gasteiger charge is -2.05. The fourth-order valence-corrected chi connectivity index (χ4v) is 2.23. The van der Waals surface area contributed by atoms with Crippen LogP contribution in [0, 0.1) is 0 Å². The lowest BCUT2D eigenvalue weighted by Crippen LogP contribution is -1.87. The summed E-state index contributed by atoms with van der Waals surface area (Å²) in [5.41, 5.74) is 0. The summed E-state index contributed by atoms with van der Waals surface area (Å²) in [7, 11) is 0. The minimum absolute atomic E-state index is 0.479. The Hall–Kier alpha value is 0.350. The van der Waals surface area contributed by atoms with Crippen molar-refractivity contribution >= 4 is 28.3 Å². The minimum atomic E-state index is -3.14. The Labute approximate surface area is 89.2 Å². The van der Waals surface area contributed by atoms with Crippen LogP contribution in [0.4, 0.5) is 0 Å². The van der Waals surface area contributed by atoms with Crippen molar-refractivity contribution in [1.82, 2.24) is 0 Å². The van der Waals surface area contributed by atoms with Crippen LogP contribution in [0.5, 0.6) is 0 Å². The number of hydrogen-bond donors (Lipinski definition) is 0. The first-order chi connectivity index (χ1) is 6.02. The molecule has 0 saturated heterocycles. The second kappa shape index (κ2) is 6.75. The van der Waals surface area contributed by atoms with Crippen LogP contribution in [0.2, 0.25) is 0 Å². The number of allylic oxidation sites excluding steroid dienone is 1. The number of hydrogen-bond acceptors (Lipinski definition) is 2. The first kappa shape index (κ1) is 13.4. The van der Waals surface area contributed by atoms with Crippen LogP contribution in [0.1, 0.15) is 33.1 Å². The summed E-state index contributed by atoms with van der Waals surface area (Å²) in [5, 5.41) is 0.479. The van der Waals surface area contributed by atoms with Gasteiger partial charge in [0.05, 0.1) is 18.2 Å². The summed E-state index contributed by atoms with van der Waals surface area (Å²) in [4.78, 5) is 0. The quantitative estimate of drug-likeness (QED) is 0.384. The summed E-state index contributed by atoms with van der Waals surface area (Å²) in [5.74, 6) is -3.14. The maximum atomic E-state index is 11.2. The Morgan fingerprint density at radius 2 is 2.08 bits per heavy atom. The molecule has 0 aliphatic carbocycles. The van der Waals surface area contributed by atoms with Gasteiger partial charge in [0, 0.05) is 0 Å². The molecule has 0 bridgehead atoms. The van der Waals surface area contributed by atoms with Gasteiger partial charge in [-0.05, 0) is 35.3 Å². The minimum Gasteiger partial charge on any atom is -0.501 e. The highest BCUT2D eigenvalue weighted by molar-refractivity contribution is 8.11. The van der Waals surface area contributed by atoms with E-state index in [1.165, 1.54) is 6.26 Å². The maximum Gasteiger partial charge on any atom is 0.281 e. The molecule has 5 heteroatoms. The molecule has 0 aromatic carbocycles. The highest BCUT2D eigenvalue weighted by Crippen LogP contribution is 2.64. The number of unbranched alkanes of at least 4 members (excludes halogenated alkanes) is 1.